The highest BCUT2D eigenvalue weighted by atomic mass is 16.6. The number of piperazine rings is 1. The fourth-order valence-corrected chi connectivity index (χ4v) is 3.52. The largest absolute Gasteiger partial charge is 0.493 e. The van der Waals surface area contributed by atoms with E-state index in [1.807, 2.05) is 17.0 Å². The molecule has 1 fully saturated rings. The highest BCUT2D eigenvalue weighted by Crippen LogP contribution is 2.26. The number of rotatable bonds is 8. The first-order valence-electron chi connectivity index (χ1n) is 10.2. The third-order valence-corrected chi connectivity index (χ3v) is 5.26. The van der Waals surface area contributed by atoms with Crippen LogP contribution in [0.15, 0.2) is 53.7 Å². The maximum Gasteiger partial charge on any atom is 0.266 e. The van der Waals surface area contributed by atoms with Crippen LogP contribution in [-0.4, -0.2) is 63.5 Å². The van der Waals surface area contributed by atoms with E-state index < -0.39 is 6.10 Å². The molecule has 1 saturated heterocycles. The smallest absolute Gasteiger partial charge is 0.266 e. The molecule has 3 rings (SSSR count). The number of benzene rings is 2. The number of nitrogens with zero attached hydrogens (tertiary/aromatic N) is 2. The normalized spacial score (nSPS) is 15.8. The van der Waals surface area contributed by atoms with Gasteiger partial charge in [0.15, 0.2) is 11.5 Å². The van der Waals surface area contributed by atoms with Crippen molar-refractivity contribution in [2.24, 2.45) is 5.16 Å². The maximum absolute atomic E-state index is 12.7. The van der Waals surface area contributed by atoms with Crippen molar-refractivity contribution in [1.82, 2.24) is 4.90 Å². The molecule has 0 aromatic heterocycles. The molecule has 30 heavy (non-hydrogen) atoms. The number of hydrogen-bond donors (Lipinski definition) is 1. The first-order valence-corrected chi connectivity index (χ1v) is 10.2. The Morgan fingerprint density at radius 1 is 1.10 bits per heavy atom. The summed E-state index contributed by atoms with van der Waals surface area (Å²) >= 11 is 0. The van der Waals surface area contributed by atoms with Gasteiger partial charge in [0.25, 0.3) is 5.91 Å². The predicted molar refractivity (Wildman–Crippen MR) is 115 cm³/mol. The van der Waals surface area contributed by atoms with E-state index in [9.17, 15) is 4.79 Å². The number of carbonyl (C=O) groups excluding carboxylic acids is 1. The molecule has 1 N–H and O–H groups in total. The van der Waals surface area contributed by atoms with E-state index >= 15 is 0 Å². The Labute approximate surface area is 177 Å². The summed E-state index contributed by atoms with van der Waals surface area (Å²) in [5, 5.41) is 3.99. The summed E-state index contributed by atoms with van der Waals surface area (Å²) in [6, 6.07) is 15.9. The van der Waals surface area contributed by atoms with Gasteiger partial charge in [-0.05, 0) is 25.1 Å². The van der Waals surface area contributed by atoms with Gasteiger partial charge in [-0.2, -0.15) is 0 Å². The van der Waals surface area contributed by atoms with Crippen molar-refractivity contribution in [1.29, 1.82) is 0 Å². The summed E-state index contributed by atoms with van der Waals surface area (Å²) in [6.45, 7) is 6.05. The zero-order chi connectivity index (χ0) is 21.3. The Bertz CT molecular complexity index is 849. The molecular weight excluding hydrogens is 382 g/mol. The van der Waals surface area contributed by atoms with Gasteiger partial charge in [0, 0.05) is 11.1 Å². The number of methoxy groups -OCH3 is 2. The van der Waals surface area contributed by atoms with Gasteiger partial charge in [0.05, 0.1) is 46.6 Å². The molecule has 7 heteroatoms. The minimum atomic E-state index is -0.628. The minimum Gasteiger partial charge on any atom is -0.493 e. The van der Waals surface area contributed by atoms with Gasteiger partial charge in [-0.3, -0.25) is 4.79 Å². The topological polar surface area (TPSA) is 64.8 Å². The number of oxime groups is 1. The molecule has 2 aromatic carbocycles. The van der Waals surface area contributed by atoms with Crippen LogP contribution in [0.5, 0.6) is 11.5 Å². The second-order valence-corrected chi connectivity index (χ2v) is 7.33. The lowest BCUT2D eigenvalue weighted by Crippen LogP contribution is -3.13. The van der Waals surface area contributed by atoms with Crippen LogP contribution in [0, 0.1) is 0 Å². The summed E-state index contributed by atoms with van der Waals surface area (Å²) in [7, 11) is 3.17. The van der Waals surface area contributed by atoms with Crippen LogP contribution in [0.25, 0.3) is 0 Å². The van der Waals surface area contributed by atoms with Gasteiger partial charge in [-0.25, -0.2) is 0 Å². The van der Waals surface area contributed by atoms with Gasteiger partial charge in [0.2, 0.25) is 6.10 Å². The molecule has 0 bridgehead atoms. The first-order chi connectivity index (χ1) is 14.6. The number of quaternary nitrogens is 1. The minimum absolute atomic E-state index is 0.0294. The van der Waals surface area contributed by atoms with Gasteiger partial charge in [-0.15, -0.1) is 0 Å². The molecule has 0 radical (unpaired) electrons. The van der Waals surface area contributed by atoms with Crippen LogP contribution in [0.3, 0.4) is 0 Å². The maximum atomic E-state index is 12.7. The standard InChI is InChI=1S/C23H29N3O4/c1-18(30-24-16-20-9-10-21(28-2)22(15-20)29-3)23(27)26-13-11-25(12-14-26)17-19-7-5-4-6-8-19/h4-10,15-16,18H,11-14,17H2,1-3H3/p+1/b24-16-/t18-/m0/s1. The number of nitrogens with one attached hydrogen (secondary N) is 1. The Morgan fingerprint density at radius 3 is 2.47 bits per heavy atom. The lowest BCUT2D eigenvalue weighted by atomic mass is 10.2. The number of amides is 1. The second kappa shape index (κ2) is 10.6. The van der Waals surface area contributed by atoms with Gasteiger partial charge < -0.3 is 24.1 Å². The van der Waals surface area contributed by atoms with Crippen LogP contribution in [-0.2, 0) is 16.2 Å². The number of carbonyl (C=O) groups is 1. The molecule has 0 unspecified atom stereocenters. The summed E-state index contributed by atoms with van der Waals surface area (Å²) < 4.78 is 10.5. The van der Waals surface area contributed by atoms with Gasteiger partial charge >= 0.3 is 0 Å². The average molecular weight is 413 g/mol. The lowest BCUT2D eigenvalue weighted by Gasteiger charge is -2.33. The molecule has 1 amide bonds. The third kappa shape index (κ3) is 5.73. The number of ether oxygens (including phenoxy) is 2. The summed E-state index contributed by atoms with van der Waals surface area (Å²) in [5.41, 5.74) is 2.12. The molecule has 0 saturated carbocycles. The van der Waals surface area contributed by atoms with Crippen molar-refractivity contribution in [3.63, 3.8) is 0 Å². The molecule has 160 valence electrons. The quantitative estimate of drug-likeness (QED) is 0.526. The van der Waals surface area contributed by atoms with Gasteiger partial charge in [0.1, 0.15) is 6.54 Å². The zero-order valence-electron chi connectivity index (χ0n) is 17.8. The molecule has 1 heterocycles. The zero-order valence-corrected chi connectivity index (χ0v) is 17.8. The Kier molecular flexibility index (Phi) is 7.68. The van der Waals surface area contributed by atoms with E-state index in [4.69, 9.17) is 14.3 Å². The van der Waals surface area contributed by atoms with Crippen molar-refractivity contribution < 1.29 is 24.0 Å². The monoisotopic (exact) mass is 412 g/mol. The SMILES string of the molecule is COc1ccc(/C=N\O[C@@H](C)C(=O)N2CC[NH+](Cc3ccccc3)CC2)cc1OC. The predicted octanol–water partition coefficient (Wildman–Crippen LogP) is 1.37. The summed E-state index contributed by atoms with van der Waals surface area (Å²) in [4.78, 5) is 21.4. The molecule has 1 aliphatic heterocycles. The third-order valence-electron chi connectivity index (χ3n) is 5.26. The molecule has 0 aliphatic carbocycles. The second-order valence-electron chi connectivity index (χ2n) is 7.33. The van der Waals surface area contributed by atoms with Crippen LogP contribution >= 0.6 is 0 Å². The molecule has 2 aromatic rings. The van der Waals surface area contributed by atoms with E-state index in [1.54, 1.807) is 39.5 Å². The van der Waals surface area contributed by atoms with Crippen LogP contribution in [0.2, 0.25) is 0 Å². The molecule has 0 spiro atoms. The van der Waals surface area contributed by atoms with Crippen molar-refractivity contribution in [3.8, 4) is 11.5 Å². The van der Waals surface area contributed by atoms with Crippen molar-refractivity contribution >= 4 is 12.1 Å². The molecule has 1 atom stereocenters. The Hall–Kier alpha value is -3.06. The van der Waals surface area contributed by atoms with Crippen molar-refractivity contribution in [2.45, 2.75) is 19.6 Å². The molecular formula is C23H30N3O4+. The highest BCUT2D eigenvalue weighted by Gasteiger charge is 2.27. The first kappa shape index (κ1) is 21.6. The van der Waals surface area contributed by atoms with Gasteiger partial charge in [-0.1, -0.05) is 35.5 Å². The van der Waals surface area contributed by atoms with Crippen LogP contribution in [0.1, 0.15) is 18.1 Å². The Morgan fingerprint density at radius 2 is 1.80 bits per heavy atom. The van der Waals surface area contributed by atoms with E-state index in [1.165, 1.54) is 10.5 Å². The molecule has 1 aliphatic rings. The summed E-state index contributed by atoms with van der Waals surface area (Å²) in [6.07, 6.45) is 0.935. The van der Waals surface area contributed by atoms with E-state index in [2.05, 4.69) is 29.4 Å². The highest BCUT2D eigenvalue weighted by molar-refractivity contribution is 5.82. The fourth-order valence-electron chi connectivity index (χ4n) is 3.52. The summed E-state index contributed by atoms with van der Waals surface area (Å²) in [5.74, 6) is 1.23. The Balaban J connectivity index is 1.46. The van der Waals surface area contributed by atoms with Crippen molar-refractivity contribution in [3.05, 3.63) is 59.7 Å². The van der Waals surface area contributed by atoms with E-state index in [0.29, 0.717) is 11.5 Å². The average Bonchev–Trinajstić information content (AvgIpc) is 2.79. The fraction of sp³-hybridized carbons (Fsp3) is 0.391. The van der Waals surface area contributed by atoms with E-state index in [-0.39, 0.29) is 5.91 Å². The van der Waals surface area contributed by atoms with Crippen LogP contribution < -0.4 is 14.4 Å². The van der Waals surface area contributed by atoms with Crippen molar-refractivity contribution in [2.75, 3.05) is 40.4 Å². The number of hydrogen-bond acceptors (Lipinski definition) is 5. The lowest BCUT2D eigenvalue weighted by molar-refractivity contribution is -0.917. The molecule has 7 nitrogen and oxygen atoms in total. The van der Waals surface area contributed by atoms with Crippen LogP contribution in [0.4, 0.5) is 0 Å². The van der Waals surface area contributed by atoms with E-state index in [0.717, 1.165) is 38.3 Å².